The number of rotatable bonds is 2. The standard InChI is InChI=1S/C86H172O6/c1-69-29-17-33-73(5)41-25-49-81(13)57-61-89-67-85(65-87)91-63-59-83(15)52-28-44-76(8)36-20-32-72(4)40-24-48-80(12)56-54-78(10)46-22-38-70(2)30-18-34-74(6)42-26-50-82(14)58-62-90-68-86(66-88)92-64-60-84(16)51-27-43-75(7)35-19-31-71(3)39-23-47-79(11)55-53-77(9)45-21-37-69/h69-88H,17-68H2,1-16H3/t69?,70?,71?,72?,73-,74-,75-,76-,77?,78?,79?,80?,81-,82-,83-,84-,85?,86?/m1/s1. The third kappa shape index (κ3) is 56.6. The lowest BCUT2D eigenvalue weighted by Gasteiger charge is -2.19. The van der Waals surface area contributed by atoms with E-state index in [-0.39, 0.29) is 25.4 Å². The number of hydrogen-bond acceptors (Lipinski definition) is 6. The van der Waals surface area contributed by atoms with Crippen molar-refractivity contribution < 1.29 is 29.2 Å². The van der Waals surface area contributed by atoms with E-state index in [4.69, 9.17) is 18.9 Å². The van der Waals surface area contributed by atoms with E-state index in [0.717, 1.165) is 123 Å². The maximum absolute atomic E-state index is 10.0. The summed E-state index contributed by atoms with van der Waals surface area (Å²) in [6.07, 6.45) is 59.0. The zero-order chi connectivity index (χ0) is 68.0. The van der Waals surface area contributed by atoms with Crippen LogP contribution in [0.3, 0.4) is 0 Å². The Morgan fingerprint density at radius 2 is 0.315 bits per heavy atom. The van der Waals surface area contributed by atoms with Gasteiger partial charge >= 0.3 is 0 Å². The Balaban J connectivity index is 2.51. The molecule has 1 aliphatic heterocycles. The normalized spacial score (nSPS) is 36.1. The minimum absolute atomic E-state index is 0.0415. The largest absolute Gasteiger partial charge is 0.394 e. The monoisotopic (exact) mass is 1300 g/mol. The van der Waals surface area contributed by atoms with Crippen molar-refractivity contribution in [1.82, 2.24) is 0 Å². The first kappa shape index (κ1) is 89.8. The van der Waals surface area contributed by atoms with E-state index in [2.05, 4.69) is 111 Å². The summed E-state index contributed by atoms with van der Waals surface area (Å²) in [7, 11) is 0. The van der Waals surface area contributed by atoms with Gasteiger partial charge in [-0.25, -0.2) is 0 Å². The molecule has 1 saturated heterocycles. The van der Waals surface area contributed by atoms with Crippen LogP contribution in [0.5, 0.6) is 0 Å². The summed E-state index contributed by atoms with van der Waals surface area (Å²) < 4.78 is 24.4. The van der Waals surface area contributed by atoms with E-state index >= 15 is 0 Å². The number of aliphatic hydroxyl groups is 2. The van der Waals surface area contributed by atoms with Gasteiger partial charge in [-0.05, 0) is 120 Å². The molecule has 1 fully saturated rings. The van der Waals surface area contributed by atoms with Crippen molar-refractivity contribution in [2.24, 2.45) is 94.7 Å². The molecule has 0 aromatic rings. The highest BCUT2D eigenvalue weighted by Gasteiger charge is 2.18. The summed E-state index contributed by atoms with van der Waals surface area (Å²) in [6, 6.07) is 0. The van der Waals surface area contributed by atoms with Gasteiger partial charge in [0.05, 0.1) is 26.4 Å². The van der Waals surface area contributed by atoms with Gasteiger partial charge < -0.3 is 29.2 Å². The molecule has 1 aliphatic rings. The van der Waals surface area contributed by atoms with E-state index in [1.54, 1.807) is 0 Å². The first-order valence-corrected chi connectivity index (χ1v) is 41.8. The van der Waals surface area contributed by atoms with Gasteiger partial charge in [-0.3, -0.25) is 0 Å². The van der Waals surface area contributed by atoms with Gasteiger partial charge in [-0.1, -0.05) is 368 Å². The van der Waals surface area contributed by atoms with Crippen LogP contribution >= 0.6 is 0 Å². The molecule has 18 atom stereocenters. The summed E-state index contributed by atoms with van der Waals surface area (Å²) in [5.74, 6) is 12.9. The zero-order valence-corrected chi connectivity index (χ0v) is 65.7. The van der Waals surface area contributed by atoms with Gasteiger partial charge in [0.2, 0.25) is 0 Å². The summed E-state index contributed by atoms with van der Waals surface area (Å²) in [5, 5.41) is 20.1. The Hall–Kier alpha value is -0.240. The van der Waals surface area contributed by atoms with Crippen molar-refractivity contribution in [2.45, 2.75) is 406 Å². The molecule has 0 aromatic carbocycles. The molecule has 0 aliphatic carbocycles. The molecule has 0 spiro atoms. The summed E-state index contributed by atoms with van der Waals surface area (Å²) in [5.41, 5.74) is 0. The maximum Gasteiger partial charge on any atom is 0.104 e. The lowest BCUT2D eigenvalue weighted by atomic mass is 9.88. The molecule has 0 amide bonds. The van der Waals surface area contributed by atoms with Crippen molar-refractivity contribution in [3.63, 3.8) is 0 Å². The molecule has 6 heteroatoms. The number of aliphatic hydroxyl groups excluding tert-OH is 2. The molecule has 0 aromatic heterocycles. The molecular formula is C86H172O6. The molecule has 2 N–H and O–H groups in total. The van der Waals surface area contributed by atoms with Gasteiger partial charge in [0.1, 0.15) is 12.2 Å². The predicted octanol–water partition coefficient (Wildman–Crippen LogP) is 26.1. The molecule has 6 nitrogen and oxygen atoms in total. The highest BCUT2D eigenvalue weighted by Crippen LogP contribution is 2.31. The SMILES string of the molecule is CC1CCCC(C)CCC(C)CCCC(C)CCC[C@@H](C)CCC[C@@H](C)CCOC(CO)COCC[C@H](C)CCC[C@H](C)CCCC(C)CCCC(C)CCC(C)CCCC(C)CCC[C@@H](C)CCC[C@@H](C)CCOC(CO)COCC[C@H](C)CCC[C@H](C)CCC1. The fraction of sp³-hybridized carbons (Fsp3) is 1.00. The second kappa shape index (κ2) is 60.7. The molecule has 1 rings (SSSR count). The van der Waals surface area contributed by atoms with E-state index in [9.17, 15) is 10.2 Å². The van der Waals surface area contributed by atoms with Gasteiger partial charge in [0.15, 0.2) is 0 Å². The average Bonchev–Trinajstić information content (AvgIpc) is 3.63. The minimum Gasteiger partial charge on any atom is -0.394 e. The molecule has 0 radical (unpaired) electrons. The van der Waals surface area contributed by atoms with Crippen molar-refractivity contribution in [3.8, 4) is 0 Å². The zero-order valence-electron chi connectivity index (χ0n) is 65.7. The summed E-state index contributed by atoms with van der Waals surface area (Å²) in [6.45, 7) is 43.7. The Kier molecular flexibility index (Phi) is 59.2. The summed E-state index contributed by atoms with van der Waals surface area (Å²) >= 11 is 0. The highest BCUT2D eigenvalue weighted by molar-refractivity contribution is 4.70. The van der Waals surface area contributed by atoms with Crippen molar-refractivity contribution in [3.05, 3.63) is 0 Å². The fourth-order valence-electron chi connectivity index (χ4n) is 15.4. The lowest BCUT2D eigenvalue weighted by molar-refractivity contribution is -0.0471. The second-order valence-electron chi connectivity index (χ2n) is 34.7. The van der Waals surface area contributed by atoms with Gasteiger partial charge in [0, 0.05) is 26.4 Å². The van der Waals surface area contributed by atoms with Crippen LogP contribution in [0.25, 0.3) is 0 Å². The molecule has 1 heterocycles. The Morgan fingerprint density at radius 1 is 0.185 bits per heavy atom. The highest BCUT2D eigenvalue weighted by atomic mass is 16.5. The van der Waals surface area contributed by atoms with Crippen LogP contribution < -0.4 is 0 Å². The molecule has 0 bridgehead atoms. The van der Waals surface area contributed by atoms with Crippen LogP contribution in [-0.2, 0) is 18.9 Å². The van der Waals surface area contributed by atoms with Crippen LogP contribution in [-0.4, -0.2) is 75.3 Å². The van der Waals surface area contributed by atoms with E-state index < -0.39 is 0 Å². The number of ether oxygens (including phenoxy) is 4. The van der Waals surface area contributed by atoms with Crippen LogP contribution in [0.2, 0.25) is 0 Å². The first-order chi connectivity index (χ1) is 44.2. The topological polar surface area (TPSA) is 77.4 Å². The van der Waals surface area contributed by atoms with Crippen LogP contribution in [0, 0.1) is 94.7 Å². The fourth-order valence-corrected chi connectivity index (χ4v) is 15.4. The maximum atomic E-state index is 10.0. The van der Waals surface area contributed by atoms with Crippen LogP contribution in [0.15, 0.2) is 0 Å². The van der Waals surface area contributed by atoms with Gasteiger partial charge in [-0.2, -0.15) is 0 Å². The lowest BCUT2D eigenvalue weighted by Crippen LogP contribution is -2.25. The Morgan fingerprint density at radius 3 is 0.467 bits per heavy atom. The van der Waals surface area contributed by atoms with Crippen LogP contribution in [0.4, 0.5) is 0 Å². The molecule has 552 valence electrons. The van der Waals surface area contributed by atoms with Crippen molar-refractivity contribution in [1.29, 1.82) is 0 Å². The average molecular weight is 1300 g/mol. The summed E-state index contributed by atoms with van der Waals surface area (Å²) in [4.78, 5) is 0. The van der Waals surface area contributed by atoms with Gasteiger partial charge in [0.25, 0.3) is 0 Å². The smallest absolute Gasteiger partial charge is 0.104 e. The molecule has 92 heavy (non-hydrogen) atoms. The molecular weight excluding hydrogens is 1130 g/mol. The van der Waals surface area contributed by atoms with Crippen molar-refractivity contribution in [2.75, 3.05) is 52.9 Å². The Labute approximate surface area is 579 Å². The van der Waals surface area contributed by atoms with Crippen molar-refractivity contribution >= 4 is 0 Å². The second-order valence-corrected chi connectivity index (χ2v) is 34.7. The predicted molar refractivity (Wildman–Crippen MR) is 405 cm³/mol. The quantitative estimate of drug-likeness (QED) is 0.287. The van der Waals surface area contributed by atoms with E-state index in [1.165, 1.54) is 257 Å². The third-order valence-electron chi connectivity index (χ3n) is 23.5. The van der Waals surface area contributed by atoms with Gasteiger partial charge in [-0.15, -0.1) is 0 Å². The first-order valence-electron chi connectivity index (χ1n) is 41.8. The van der Waals surface area contributed by atoms with Crippen LogP contribution in [0.1, 0.15) is 393 Å². The van der Waals surface area contributed by atoms with E-state index in [1.807, 2.05) is 0 Å². The molecule has 10 unspecified atom stereocenters. The number of hydrogen-bond donors (Lipinski definition) is 2. The molecule has 0 saturated carbocycles. The minimum atomic E-state index is -0.203. The van der Waals surface area contributed by atoms with E-state index in [0.29, 0.717) is 36.9 Å². The Bertz CT molecular complexity index is 1410. The third-order valence-corrected chi connectivity index (χ3v) is 23.5.